The van der Waals surface area contributed by atoms with Gasteiger partial charge in [-0.25, -0.2) is 4.39 Å². The van der Waals surface area contributed by atoms with Gasteiger partial charge >= 0.3 is 0 Å². The Morgan fingerprint density at radius 1 is 1.37 bits per heavy atom. The summed E-state index contributed by atoms with van der Waals surface area (Å²) in [7, 11) is 0. The van der Waals surface area contributed by atoms with E-state index in [9.17, 15) is 4.39 Å². The Labute approximate surface area is 115 Å². The van der Waals surface area contributed by atoms with Crippen molar-refractivity contribution in [3.63, 3.8) is 0 Å². The Morgan fingerprint density at radius 3 is 2.68 bits per heavy atom. The summed E-state index contributed by atoms with van der Waals surface area (Å²) in [5.74, 6) is -0.209. The quantitative estimate of drug-likeness (QED) is 0.783. The highest BCUT2D eigenvalue weighted by atomic mass is 19.1. The molecule has 3 nitrogen and oxygen atoms in total. The van der Waals surface area contributed by atoms with E-state index in [1.54, 1.807) is 12.1 Å². The van der Waals surface area contributed by atoms with Crippen molar-refractivity contribution in [3.8, 4) is 6.07 Å². The second-order valence-corrected chi connectivity index (χ2v) is 4.46. The first-order chi connectivity index (χ1) is 9.22. The van der Waals surface area contributed by atoms with E-state index in [1.807, 2.05) is 17.9 Å². The number of benzene rings is 1. The van der Waals surface area contributed by atoms with Crippen LogP contribution in [0.2, 0.25) is 0 Å². The van der Waals surface area contributed by atoms with Crippen LogP contribution in [0.15, 0.2) is 24.3 Å². The fourth-order valence-electron chi connectivity index (χ4n) is 1.97. The van der Waals surface area contributed by atoms with Crippen molar-refractivity contribution < 1.29 is 4.39 Å². The van der Waals surface area contributed by atoms with Gasteiger partial charge in [-0.15, -0.1) is 0 Å². The highest BCUT2D eigenvalue weighted by Gasteiger charge is 2.12. The van der Waals surface area contributed by atoms with Gasteiger partial charge in [-0.05, 0) is 38.4 Å². The largest absolute Gasteiger partial charge is 0.369 e. The smallest absolute Gasteiger partial charge is 0.146 e. The molecule has 0 aliphatic heterocycles. The number of halogens is 1. The van der Waals surface area contributed by atoms with Gasteiger partial charge in [-0.2, -0.15) is 5.26 Å². The van der Waals surface area contributed by atoms with E-state index in [2.05, 4.69) is 18.3 Å². The molecule has 0 heterocycles. The average molecular weight is 263 g/mol. The molecule has 0 saturated carbocycles. The minimum atomic E-state index is -0.209. The zero-order valence-electron chi connectivity index (χ0n) is 11.7. The van der Waals surface area contributed by atoms with Crippen molar-refractivity contribution in [3.05, 3.63) is 30.1 Å². The molecule has 1 aromatic carbocycles. The van der Waals surface area contributed by atoms with Crippen LogP contribution in [0.25, 0.3) is 0 Å². The van der Waals surface area contributed by atoms with Gasteiger partial charge in [0.2, 0.25) is 0 Å². The lowest BCUT2D eigenvalue weighted by molar-refractivity contribution is 0.551. The molecular formula is C15H22FN3. The number of nitriles is 1. The van der Waals surface area contributed by atoms with E-state index < -0.39 is 0 Å². The molecule has 1 aromatic rings. The van der Waals surface area contributed by atoms with Gasteiger partial charge in [-0.1, -0.05) is 19.1 Å². The molecule has 0 fully saturated rings. The van der Waals surface area contributed by atoms with Crippen molar-refractivity contribution in [2.75, 3.05) is 24.5 Å². The third kappa shape index (κ3) is 4.88. The number of anilines is 1. The van der Waals surface area contributed by atoms with Gasteiger partial charge in [0.25, 0.3) is 0 Å². The second-order valence-electron chi connectivity index (χ2n) is 4.46. The maximum absolute atomic E-state index is 13.7. The van der Waals surface area contributed by atoms with E-state index in [-0.39, 0.29) is 11.9 Å². The lowest BCUT2D eigenvalue weighted by Gasteiger charge is -2.24. The SMILES string of the molecule is CCCNC(C#N)CCN(CC)c1ccccc1F. The highest BCUT2D eigenvalue weighted by Crippen LogP contribution is 2.18. The molecule has 1 atom stereocenters. The topological polar surface area (TPSA) is 39.1 Å². The third-order valence-corrected chi connectivity index (χ3v) is 3.06. The van der Waals surface area contributed by atoms with E-state index in [1.165, 1.54) is 6.07 Å². The first-order valence-electron chi connectivity index (χ1n) is 6.85. The van der Waals surface area contributed by atoms with E-state index in [0.717, 1.165) is 19.5 Å². The second kappa shape index (κ2) is 8.49. The van der Waals surface area contributed by atoms with Gasteiger partial charge in [-0.3, -0.25) is 0 Å². The summed E-state index contributed by atoms with van der Waals surface area (Å²) in [6.07, 6.45) is 1.70. The standard InChI is InChI=1S/C15H22FN3/c1-3-10-18-13(12-17)9-11-19(4-2)15-8-6-5-7-14(15)16/h5-8,13,18H,3-4,9-11H2,1-2H3. The fourth-order valence-corrected chi connectivity index (χ4v) is 1.97. The number of hydrogen-bond acceptors (Lipinski definition) is 3. The summed E-state index contributed by atoms with van der Waals surface area (Å²) in [5.41, 5.74) is 0.609. The van der Waals surface area contributed by atoms with Crippen molar-refractivity contribution in [1.29, 1.82) is 5.26 Å². The maximum atomic E-state index is 13.7. The molecule has 0 spiro atoms. The molecule has 1 N–H and O–H groups in total. The van der Waals surface area contributed by atoms with Crippen LogP contribution in [0, 0.1) is 17.1 Å². The van der Waals surface area contributed by atoms with E-state index >= 15 is 0 Å². The monoisotopic (exact) mass is 263 g/mol. The normalized spacial score (nSPS) is 11.9. The van der Waals surface area contributed by atoms with E-state index in [0.29, 0.717) is 18.7 Å². The molecule has 0 amide bonds. The molecule has 0 aromatic heterocycles. The van der Waals surface area contributed by atoms with Crippen LogP contribution in [-0.4, -0.2) is 25.7 Å². The molecule has 4 heteroatoms. The molecule has 0 radical (unpaired) electrons. The predicted octanol–water partition coefficient (Wildman–Crippen LogP) is 2.93. The van der Waals surface area contributed by atoms with Crippen LogP contribution in [0.5, 0.6) is 0 Å². The Balaban J connectivity index is 2.58. The number of hydrogen-bond donors (Lipinski definition) is 1. The maximum Gasteiger partial charge on any atom is 0.146 e. The van der Waals surface area contributed by atoms with Crippen molar-refractivity contribution in [2.45, 2.75) is 32.7 Å². The van der Waals surface area contributed by atoms with Crippen molar-refractivity contribution in [2.24, 2.45) is 0 Å². The van der Waals surface area contributed by atoms with Crippen LogP contribution in [0.4, 0.5) is 10.1 Å². The van der Waals surface area contributed by atoms with Gasteiger partial charge in [0, 0.05) is 13.1 Å². The summed E-state index contributed by atoms with van der Waals surface area (Å²) < 4.78 is 13.7. The van der Waals surface area contributed by atoms with Crippen molar-refractivity contribution >= 4 is 5.69 Å². The molecule has 104 valence electrons. The lowest BCUT2D eigenvalue weighted by Crippen LogP contribution is -2.34. The number of nitrogens with one attached hydrogen (secondary N) is 1. The first kappa shape index (κ1) is 15.5. The van der Waals surface area contributed by atoms with Crippen LogP contribution in [0.1, 0.15) is 26.7 Å². The predicted molar refractivity (Wildman–Crippen MR) is 76.6 cm³/mol. The number of nitrogens with zero attached hydrogens (tertiary/aromatic N) is 2. The number of para-hydroxylation sites is 1. The first-order valence-corrected chi connectivity index (χ1v) is 6.85. The summed E-state index contributed by atoms with van der Waals surface area (Å²) in [6.45, 7) is 6.30. The molecule has 0 bridgehead atoms. The summed E-state index contributed by atoms with van der Waals surface area (Å²) >= 11 is 0. The molecule has 0 aliphatic rings. The number of rotatable bonds is 8. The van der Waals surface area contributed by atoms with Crippen LogP contribution in [0.3, 0.4) is 0 Å². The lowest BCUT2D eigenvalue weighted by atomic mass is 10.2. The molecule has 19 heavy (non-hydrogen) atoms. The van der Waals surface area contributed by atoms with Gasteiger partial charge in [0.15, 0.2) is 0 Å². The minimum absolute atomic E-state index is 0.166. The fraction of sp³-hybridized carbons (Fsp3) is 0.533. The molecular weight excluding hydrogens is 241 g/mol. The van der Waals surface area contributed by atoms with Crippen LogP contribution < -0.4 is 10.2 Å². The third-order valence-electron chi connectivity index (χ3n) is 3.06. The molecule has 0 saturated heterocycles. The molecule has 0 aliphatic carbocycles. The Hall–Kier alpha value is -1.60. The summed E-state index contributed by atoms with van der Waals surface area (Å²) in [6, 6.07) is 8.85. The molecule has 1 unspecified atom stereocenters. The van der Waals surface area contributed by atoms with E-state index in [4.69, 9.17) is 5.26 Å². The summed E-state index contributed by atoms with van der Waals surface area (Å²) in [5, 5.41) is 12.2. The van der Waals surface area contributed by atoms with Gasteiger partial charge < -0.3 is 10.2 Å². The van der Waals surface area contributed by atoms with Gasteiger partial charge in [0.1, 0.15) is 5.82 Å². The zero-order chi connectivity index (χ0) is 14.1. The Kier molecular flexibility index (Phi) is 6.91. The Bertz CT molecular complexity index is 414. The van der Waals surface area contributed by atoms with Gasteiger partial charge in [0.05, 0.1) is 17.8 Å². The van der Waals surface area contributed by atoms with Crippen molar-refractivity contribution in [1.82, 2.24) is 5.32 Å². The van der Waals surface area contributed by atoms with Crippen LogP contribution >= 0.6 is 0 Å². The van der Waals surface area contributed by atoms with Crippen LogP contribution in [-0.2, 0) is 0 Å². The summed E-state index contributed by atoms with van der Waals surface area (Å²) in [4.78, 5) is 1.97. The minimum Gasteiger partial charge on any atom is -0.369 e. The Morgan fingerprint density at radius 2 is 2.11 bits per heavy atom. The average Bonchev–Trinajstić information content (AvgIpc) is 2.44. The molecule has 1 rings (SSSR count). The highest BCUT2D eigenvalue weighted by molar-refractivity contribution is 5.47. The zero-order valence-corrected chi connectivity index (χ0v) is 11.7.